The van der Waals surface area contributed by atoms with Gasteiger partial charge in [0.05, 0.1) is 0 Å². The third-order valence-corrected chi connectivity index (χ3v) is 4.01. The van der Waals surface area contributed by atoms with Gasteiger partial charge in [0, 0.05) is 16.6 Å². The molecular formula is C16H26BrN. The van der Waals surface area contributed by atoms with Gasteiger partial charge >= 0.3 is 0 Å². The van der Waals surface area contributed by atoms with Crippen LogP contribution in [0.5, 0.6) is 0 Å². The molecule has 0 saturated heterocycles. The molecule has 1 rings (SSSR count). The topological polar surface area (TPSA) is 12.0 Å². The summed E-state index contributed by atoms with van der Waals surface area (Å²) in [6, 6.07) is 9.76. The zero-order valence-electron chi connectivity index (χ0n) is 12.0. The first-order chi connectivity index (χ1) is 8.51. The molecule has 3 unspecified atom stereocenters. The molecule has 0 aliphatic rings. The molecule has 0 saturated carbocycles. The van der Waals surface area contributed by atoms with Crippen molar-refractivity contribution in [1.29, 1.82) is 0 Å². The summed E-state index contributed by atoms with van der Waals surface area (Å²) in [5.74, 6) is 0.812. The summed E-state index contributed by atoms with van der Waals surface area (Å²) < 4.78 is 1.15. The van der Waals surface area contributed by atoms with Gasteiger partial charge in [0.2, 0.25) is 0 Å². The molecule has 1 nitrogen and oxygen atoms in total. The fourth-order valence-corrected chi connectivity index (χ4v) is 2.62. The van der Waals surface area contributed by atoms with Crippen LogP contribution in [0.4, 0.5) is 0 Å². The molecule has 1 aromatic carbocycles. The van der Waals surface area contributed by atoms with E-state index in [1.54, 1.807) is 0 Å². The van der Waals surface area contributed by atoms with E-state index in [1.165, 1.54) is 18.4 Å². The van der Waals surface area contributed by atoms with E-state index in [0.717, 1.165) is 16.8 Å². The van der Waals surface area contributed by atoms with Crippen LogP contribution in [0.25, 0.3) is 0 Å². The molecule has 0 aliphatic heterocycles. The van der Waals surface area contributed by atoms with Crippen LogP contribution in [0, 0.1) is 5.92 Å². The van der Waals surface area contributed by atoms with E-state index < -0.39 is 0 Å². The zero-order chi connectivity index (χ0) is 13.5. The van der Waals surface area contributed by atoms with E-state index in [1.807, 2.05) is 0 Å². The highest BCUT2D eigenvalue weighted by atomic mass is 79.9. The normalized spacial score (nSPS) is 16.3. The lowest BCUT2D eigenvalue weighted by Crippen LogP contribution is -2.36. The average Bonchev–Trinajstić information content (AvgIpc) is 2.31. The first-order valence-electron chi connectivity index (χ1n) is 7.01. The largest absolute Gasteiger partial charge is 0.311 e. The van der Waals surface area contributed by atoms with Crippen LogP contribution in [0.1, 0.15) is 46.1 Å². The summed E-state index contributed by atoms with van der Waals surface area (Å²) in [5, 5.41) is 3.70. The lowest BCUT2D eigenvalue weighted by Gasteiger charge is -2.22. The second kappa shape index (κ2) is 7.96. The highest BCUT2D eigenvalue weighted by Gasteiger charge is 2.10. The van der Waals surface area contributed by atoms with E-state index in [0.29, 0.717) is 12.1 Å². The Kier molecular flexibility index (Phi) is 6.95. The fourth-order valence-electron chi connectivity index (χ4n) is 2.36. The Morgan fingerprint density at radius 2 is 1.67 bits per heavy atom. The van der Waals surface area contributed by atoms with Gasteiger partial charge in [-0.2, -0.15) is 0 Å². The third kappa shape index (κ3) is 6.01. The molecule has 0 aliphatic carbocycles. The second-order valence-electron chi connectivity index (χ2n) is 5.55. The Bertz CT molecular complexity index is 333. The Balaban J connectivity index is 2.36. The van der Waals surface area contributed by atoms with Crippen molar-refractivity contribution in [3.8, 4) is 0 Å². The summed E-state index contributed by atoms with van der Waals surface area (Å²) in [5.41, 5.74) is 1.40. The molecule has 0 bridgehead atoms. The molecule has 0 heterocycles. The van der Waals surface area contributed by atoms with Gasteiger partial charge in [-0.1, -0.05) is 48.3 Å². The fraction of sp³-hybridized carbons (Fsp3) is 0.625. The number of hydrogen-bond donors (Lipinski definition) is 1. The first-order valence-corrected chi connectivity index (χ1v) is 7.81. The van der Waals surface area contributed by atoms with Gasteiger partial charge in [-0.25, -0.2) is 0 Å². The van der Waals surface area contributed by atoms with E-state index >= 15 is 0 Å². The number of halogens is 1. The molecule has 0 fully saturated rings. The summed E-state index contributed by atoms with van der Waals surface area (Å²) in [4.78, 5) is 0. The summed E-state index contributed by atoms with van der Waals surface area (Å²) in [6.07, 6.45) is 3.63. The highest BCUT2D eigenvalue weighted by Crippen LogP contribution is 2.13. The second-order valence-corrected chi connectivity index (χ2v) is 6.46. The Morgan fingerprint density at radius 1 is 1.06 bits per heavy atom. The van der Waals surface area contributed by atoms with E-state index in [2.05, 4.69) is 73.2 Å². The monoisotopic (exact) mass is 311 g/mol. The van der Waals surface area contributed by atoms with Crippen molar-refractivity contribution in [3.63, 3.8) is 0 Å². The summed E-state index contributed by atoms with van der Waals surface area (Å²) in [7, 11) is 0. The van der Waals surface area contributed by atoms with Crippen molar-refractivity contribution in [3.05, 3.63) is 34.3 Å². The Morgan fingerprint density at radius 3 is 2.22 bits per heavy atom. The third-order valence-electron chi connectivity index (χ3n) is 3.48. The predicted molar refractivity (Wildman–Crippen MR) is 84.0 cm³/mol. The first kappa shape index (κ1) is 15.7. The van der Waals surface area contributed by atoms with Crippen molar-refractivity contribution in [2.45, 2.75) is 59.0 Å². The van der Waals surface area contributed by atoms with Gasteiger partial charge in [0.15, 0.2) is 0 Å². The lowest BCUT2D eigenvalue weighted by molar-refractivity contribution is 0.380. The Labute approximate surface area is 120 Å². The van der Waals surface area contributed by atoms with Gasteiger partial charge in [0.1, 0.15) is 0 Å². The quantitative estimate of drug-likeness (QED) is 0.763. The van der Waals surface area contributed by atoms with Gasteiger partial charge in [-0.15, -0.1) is 0 Å². The molecule has 0 aromatic heterocycles. The van der Waals surface area contributed by atoms with Crippen LogP contribution < -0.4 is 5.32 Å². The highest BCUT2D eigenvalue weighted by molar-refractivity contribution is 9.10. The maximum atomic E-state index is 3.70. The van der Waals surface area contributed by atoms with Crippen LogP contribution in [0.2, 0.25) is 0 Å². The van der Waals surface area contributed by atoms with Crippen molar-refractivity contribution in [2.75, 3.05) is 0 Å². The molecule has 18 heavy (non-hydrogen) atoms. The average molecular weight is 312 g/mol. The summed E-state index contributed by atoms with van der Waals surface area (Å²) >= 11 is 3.47. The van der Waals surface area contributed by atoms with E-state index in [9.17, 15) is 0 Å². The minimum atomic E-state index is 0.533. The van der Waals surface area contributed by atoms with Crippen LogP contribution >= 0.6 is 15.9 Å². The summed E-state index contributed by atoms with van der Waals surface area (Å²) in [6.45, 7) is 9.17. The van der Waals surface area contributed by atoms with Gasteiger partial charge < -0.3 is 5.32 Å². The lowest BCUT2D eigenvalue weighted by atomic mass is 9.99. The standard InChI is InChI=1S/C16H26BrN/c1-5-12(2)10-13(3)18-14(4)11-15-6-8-16(17)9-7-15/h6-9,12-14,18H,5,10-11H2,1-4H3. The smallest absolute Gasteiger partial charge is 0.0175 e. The molecule has 0 radical (unpaired) electrons. The number of benzene rings is 1. The van der Waals surface area contributed by atoms with Crippen molar-refractivity contribution in [1.82, 2.24) is 5.32 Å². The number of rotatable bonds is 7. The van der Waals surface area contributed by atoms with Crippen LogP contribution in [0.15, 0.2) is 28.7 Å². The van der Waals surface area contributed by atoms with Crippen LogP contribution in [-0.4, -0.2) is 12.1 Å². The minimum Gasteiger partial charge on any atom is -0.311 e. The molecule has 1 aromatic rings. The molecule has 0 amide bonds. The maximum absolute atomic E-state index is 3.70. The SMILES string of the molecule is CCC(C)CC(C)NC(C)Cc1ccc(Br)cc1. The molecule has 102 valence electrons. The molecule has 3 atom stereocenters. The molecular weight excluding hydrogens is 286 g/mol. The van der Waals surface area contributed by atoms with Crippen molar-refractivity contribution in [2.24, 2.45) is 5.92 Å². The van der Waals surface area contributed by atoms with E-state index in [4.69, 9.17) is 0 Å². The Hall–Kier alpha value is -0.340. The predicted octanol–water partition coefficient (Wildman–Crippen LogP) is 4.79. The van der Waals surface area contributed by atoms with E-state index in [-0.39, 0.29) is 0 Å². The van der Waals surface area contributed by atoms with Crippen LogP contribution in [0.3, 0.4) is 0 Å². The van der Waals surface area contributed by atoms with Crippen LogP contribution in [-0.2, 0) is 6.42 Å². The number of nitrogens with one attached hydrogen (secondary N) is 1. The van der Waals surface area contributed by atoms with Gasteiger partial charge in [0.25, 0.3) is 0 Å². The molecule has 0 spiro atoms. The minimum absolute atomic E-state index is 0.533. The molecule has 2 heteroatoms. The number of hydrogen-bond acceptors (Lipinski definition) is 1. The van der Waals surface area contributed by atoms with Crippen molar-refractivity contribution < 1.29 is 0 Å². The van der Waals surface area contributed by atoms with Crippen molar-refractivity contribution >= 4 is 15.9 Å². The van der Waals surface area contributed by atoms with Gasteiger partial charge in [-0.05, 0) is 50.3 Å². The zero-order valence-corrected chi connectivity index (χ0v) is 13.6. The molecule has 1 N–H and O–H groups in total. The maximum Gasteiger partial charge on any atom is 0.0175 e. The van der Waals surface area contributed by atoms with Gasteiger partial charge in [-0.3, -0.25) is 0 Å².